The molecule has 0 atom stereocenters. The molecule has 128 valence electrons. The Balaban J connectivity index is 2.37. The average Bonchev–Trinajstić information content (AvgIpc) is 2.37. The van der Waals surface area contributed by atoms with Crippen LogP contribution >= 0.6 is 47.0 Å². The molecule has 0 saturated heterocycles. The number of ether oxygens (including phenoxy) is 1. The van der Waals surface area contributed by atoms with Crippen LogP contribution in [0.5, 0.6) is 0 Å². The normalized spacial score (nSPS) is 10.9. The Morgan fingerprint density at radius 1 is 1.13 bits per heavy atom. The van der Waals surface area contributed by atoms with E-state index in [1.165, 1.54) is 0 Å². The number of hydrogen-bond acceptors (Lipinski definition) is 3. The molecular weight excluding hydrogens is 381 g/mol. The van der Waals surface area contributed by atoms with E-state index >= 15 is 0 Å². The molecule has 0 saturated carbocycles. The minimum Gasteiger partial charge on any atom is -0.444 e. The van der Waals surface area contributed by atoms with Gasteiger partial charge in [-0.3, -0.25) is 0 Å². The summed E-state index contributed by atoms with van der Waals surface area (Å²) in [6.45, 7) is 6.14. The van der Waals surface area contributed by atoms with Crippen LogP contribution in [-0.4, -0.2) is 29.9 Å². The highest BCUT2D eigenvalue weighted by molar-refractivity contribution is 7.80. The van der Waals surface area contributed by atoms with Crippen LogP contribution in [0.15, 0.2) is 12.1 Å². The van der Waals surface area contributed by atoms with Gasteiger partial charge in [-0.2, -0.15) is 0 Å². The number of benzene rings is 1. The second kappa shape index (κ2) is 8.78. The Hall–Kier alpha value is -0.950. The van der Waals surface area contributed by atoms with Gasteiger partial charge in [0.2, 0.25) is 0 Å². The standard InChI is InChI=1S/C14H18Cl3N3O2S/c1-14(2,3)22-13(21)19-5-4-18-12(23)20-11-9(16)6-8(15)7-10(11)17/h6-7H,4-5H2,1-3H3,(H,19,21)(H2,18,20,23). The molecule has 0 aliphatic heterocycles. The van der Waals surface area contributed by atoms with Gasteiger partial charge < -0.3 is 20.7 Å². The van der Waals surface area contributed by atoms with Crippen molar-refractivity contribution in [3.8, 4) is 0 Å². The fourth-order valence-corrected chi connectivity index (χ4v) is 2.59. The molecular formula is C14H18Cl3N3O2S. The minimum atomic E-state index is -0.531. The second-order valence-electron chi connectivity index (χ2n) is 5.55. The molecule has 1 aromatic carbocycles. The number of anilines is 1. The number of amides is 1. The number of carbonyl (C=O) groups is 1. The predicted octanol–water partition coefficient (Wildman–Crippen LogP) is 4.46. The lowest BCUT2D eigenvalue weighted by Gasteiger charge is -2.20. The van der Waals surface area contributed by atoms with Crippen LogP contribution in [-0.2, 0) is 4.74 Å². The summed E-state index contributed by atoms with van der Waals surface area (Å²) in [6.07, 6.45) is -0.484. The first kappa shape index (κ1) is 20.1. The highest BCUT2D eigenvalue weighted by Crippen LogP contribution is 2.33. The van der Waals surface area contributed by atoms with E-state index in [0.29, 0.717) is 39.0 Å². The highest BCUT2D eigenvalue weighted by Gasteiger charge is 2.15. The number of hydrogen-bond donors (Lipinski definition) is 3. The summed E-state index contributed by atoms with van der Waals surface area (Å²) in [6, 6.07) is 3.12. The molecule has 1 amide bonds. The maximum atomic E-state index is 11.5. The maximum absolute atomic E-state index is 11.5. The summed E-state index contributed by atoms with van der Waals surface area (Å²) >= 11 is 23.1. The van der Waals surface area contributed by atoms with Crippen LogP contribution in [0, 0.1) is 0 Å². The molecule has 0 unspecified atom stereocenters. The molecule has 3 N–H and O–H groups in total. The predicted molar refractivity (Wildman–Crippen MR) is 99.9 cm³/mol. The number of alkyl carbamates (subject to hydrolysis) is 1. The quantitative estimate of drug-likeness (QED) is 0.516. The van der Waals surface area contributed by atoms with E-state index in [1.807, 2.05) is 0 Å². The van der Waals surface area contributed by atoms with E-state index < -0.39 is 11.7 Å². The average molecular weight is 399 g/mol. The Morgan fingerprint density at radius 2 is 1.65 bits per heavy atom. The van der Waals surface area contributed by atoms with E-state index in [-0.39, 0.29) is 0 Å². The summed E-state index contributed by atoms with van der Waals surface area (Å²) < 4.78 is 5.11. The van der Waals surface area contributed by atoms with Crippen molar-refractivity contribution in [2.75, 3.05) is 18.4 Å². The number of carbonyl (C=O) groups excluding carboxylic acids is 1. The van der Waals surface area contributed by atoms with E-state index in [4.69, 9.17) is 51.8 Å². The molecule has 5 nitrogen and oxygen atoms in total. The highest BCUT2D eigenvalue weighted by atomic mass is 35.5. The van der Waals surface area contributed by atoms with E-state index in [2.05, 4.69) is 16.0 Å². The largest absolute Gasteiger partial charge is 0.444 e. The molecule has 0 aromatic heterocycles. The van der Waals surface area contributed by atoms with Gasteiger partial charge >= 0.3 is 6.09 Å². The van der Waals surface area contributed by atoms with Crippen molar-refractivity contribution < 1.29 is 9.53 Å². The van der Waals surface area contributed by atoms with Crippen LogP contribution in [0.2, 0.25) is 15.1 Å². The SMILES string of the molecule is CC(C)(C)OC(=O)NCCNC(=S)Nc1c(Cl)cc(Cl)cc1Cl. The minimum absolute atomic E-state index is 0.321. The monoisotopic (exact) mass is 397 g/mol. The number of nitrogens with one attached hydrogen (secondary N) is 3. The Bertz CT molecular complexity index is 568. The van der Waals surface area contributed by atoms with Crippen molar-refractivity contribution in [2.45, 2.75) is 26.4 Å². The third-order valence-corrected chi connectivity index (χ3v) is 3.38. The topological polar surface area (TPSA) is 62.4 Å². The summed E-state index contributed by atoms with van der Waals surface area (Å²) in [5.74, 6) is 0. The van der Waals surface area contributed by atoms with Crippen molar-refractivity contribution >= 4 is 63.9 Å². The molecule has 0 spiro atoms. The summed E-state index contributed by atoms with van der Waals surface area (Å²) in [5, 5.41) is 9.89. The first-order chi connectivity index (χ1) is 10.6. The van der Waals surface area contributed by atoms with E-state index in [0.717, 1.165) is 0 Å². The molecule has 23 heavy (non-hydrogen) atoms. The van der Waals surface area contributed by atoms with E-state index in [9.17, 15) is 4.79 Å². The molecule has 9 heteroatoms. The fourth-order valence-electron chi connectivity index (χ4n) is 1.47. The van der Waals surface area contributed by atoms with Crippen LogP contribution in [0.25, 0.3) is 0 Å². The van der Waals surface area contributed by atoms with Gasteiger partial charge in [0.1, 0.15) is 5.60 Å². The van der Waals surface area contributed by atoms with Crippen LogP contribution < -0.4 is 16.0 Å². The van der Waals surface area contributed by atoms with Gasteiger partial charge in [-0.1, -0.05) is 34.8 Å². The fraction of sp³-hybridized carbons (Fsp3) is 0.429. The van der Waals surface area contributed by atoms with Gasteiger partial charge in [0.05, 0.1) is 15.7 Å². The molecule has 0 aliphatic rings. The van der Waals surface area contributed by atoms with Gasteiger partial charge in [-0.05, 0) is 45.1 Å². The van der Waals surface area contributed by atoms with Crippen molar-refractivity contribution in [1.82, 2.24) is 10.6 Å². The van der Waals surface area contributed by atoms with Gasteiger partial charge in [-0.15, -0.1) is 0 Å². The van der Waals surface area contributed by atoms with Crippen molar-refractivity contribution in [3.63, 3.8) is 0 Å². The van der Waals surface area contributed by atoms with Crippen LogP contribution in [0.1, 0.15) is 20.8 Å². The molecule has 0 heterocycles. The van der Waals surface area contributed by atoms with Gasteiger partial charge in [0.15, 0.2) is 5.11 Å². The van der Waals surface area contributed by atoms with Crippen molar-refractivity contribution in [1.29, 1.82) is 0 Å². The summed E-state index contributed by atoms with van der Waals surface area (Å²) in [7, 11) is 0. The first-order valence-electron chi connectivity index (χ1n) is 6.75. The molecule has 0 fully saturated rings. The Kier molecular flexibility index (Phi) is 7.67. The molecule has 0 bridgehead atoms. The smallest absolute Gasteiger partial charge is 0.407 e. The van der Waals surface area contributed by atoms with Gasteiger partial charge in [-0.25, -0.2) is 4.79 Å². The van der Waals surface area contributed by atoms with Crippen molar-refractivity contribution in [2.24, 2.45) is 0 Å². The third kappa shape index (κ3) is 7.92. The Morgan fingerprint density at radius 3 is 2.17 bits per heavy atom. The first-order valence-corrected chi connectivity index (χ1v) is 8.29. The Labute approximate surface area is 156 Å². The zero-order chi connectivity index (χ0) is 17.6. The molecule has 1 rings (SSSR count). The van der Waals surface area contributed by atoms with Gasteiger partial charge in [0.25, 0.3) is 0 Å². The third-order valence-electron chi connectivity index (χ3n) is 2.32. The van der Waals surface area contributed by atoms with E-state index in [1.54, 1.807) is 32.9 Å². The second-order valence-corrected chi connectivity index (χ2v) is 7.21. The van der Waals surface area contributed by atoms with Crippen LogP contribution in [0.3, 0.4) is 0 Å². The van der Waals surface area contributed by atoms with Crippen molar-refractivity contribution in [3.05, 3.63) is 27.2 Å². The number of thiocarbonyl (C=S) groups is 1. The lowest BCUT2D eigenvalue weighted by atomic mass is 10.2. The molecule has 0 aliphatic carbocycles. The maximum Gasteiger partial charge on any atom is 0.407 e. The zero-order valence-corrected chi connectivity index (χ0v) is 16.0. The molecule has 0 radical (unpaired) electrons. The zero-order valence-electron chi connectivity index (χ0n) is 12.9. The summed E-state index contributed by atoms with van der Waals surface area (Å²) in [5.41, 5.74) is -0.0634. The number of rotatable bonds is 4. The summed E-state index contributed by atoms with van der Waals surface area (Å²) in [4.78, 5) is 11.5. The molecule has 1 aromatic rings. The van der Waals surface area contributed by atoms with Crippen LogP contribution in [0.4, 0.5) is 10.5 Å². The lowest BCUT2D eigenvalue weighted by Crippen LogP contribution is -2.39. The number of halogens is 3. The van der Waals surface area contributed by atoms with Gasteiger partial charge in [0, 0.05) is 18.1 Å². The lowest BCUT2D eigenvalue weighted by molar-refractivity contribution is 0.0529.